The molecule has 0 nitrogen and oxygen atoms in total. The summed E-state index contributed by atoms with van der Waals surface area (Å²) in [5, 5.41) is 0. The monoisotopic (exact) mass is 146 g/mol. The molecule has 0 amide bonds. The molecule has 0 rings (SSSR count). The molecule has 0 aromatic heterocycles. The van der Waals surface area contributed by atoms with Crippen LogP contribution in [0, 0.1) is 0 Å². The van der Waals surface area contributed by atoms with Crippen molar-refractivity contribution in [3.63, 3.8) is 0 Å². The molecule has 0 aromatic carbocycles. The molecule has 0 unspecified atom stereocenters. The van der Waals surface area contributed by atoms with Crippen molar-refractivity contribution >= 4 is 26.9 Å². The Morgan fingerprint density at radius 2 is 1.14 bits per heavy atom. The van der Waals surface area contributed by atoms with Gasteiger partial charge in [0.15, 0.2) is 0 Å². The molecule has 0 bridgehead atoms. The summed E-state index contributed by atoms with van der Waals surface area (Å²) in [7, 11) is -1.14. The normalized spacial score (nSPS) is 8.57. The molecule has 4 heteroatoms. The Hall–Kier alpha value is 1.57. The van der Waals surface area contributed by atoms with E-state index in [2.05, 4.69) is 19.6 Å². The number of hydrogen-bond donors (Lipinski definition) is 0. The zero-order valence-corrected chi connectivity index (χ0v) is 8.63. The van der Waals surface area contributed by atoms with Crippen LogP contribution < -0.4 is 29.6 Å². The molecule has 0 aliphatic rings. The van der Waals surface area contributed by atoms with Crippen molar-refractivity contribution in [2.24, 2.45) is 0 Å². The molecular weight excluding hydrogens is 133 g/mol. The zero-order valence-electron chi connectivity index (χ0n) is 4.88. The molecule has 0 atom stereocenters. The average Bonchev–Trinajstić information content (AvgIpc) is 0.722. The predicted molar refractivity (Wildman–Crippen MR) is 40.5 cm³/mol. The van der Waals surface area contributed by atoms with Gasteiger partial charge < -0.3 is 0 Å². The van der Waals surface area contributed by atoms with Crippen molar-refractivity contribution < 1.29 is 29.6 Å². The fourth-order valence-corrected chi connectivity index (χ4v) is 0. The third-order valence-electron chi connectivity index (χ3n) is 0. The Balaban J connectivity index is -0.0000000800. The SMILES string of the molecule is C[Si](C)(C)Cl.[BH4-].[Na+]. The molecule has 0 saturated carbocycles. The maximum Gasteiger partial charge on any atom is 1.00 e. The van der Waals surface area contributed by atoms with Gasteiger partial charge in [-0.25, -0.2) is 0 Å². The van der Waals surface area contributed by atoms with Gasteiger partial charge in [0.05, 0.1) is 0 Å². The van der Waals surface area contributed by atoms with Crippen molar-refractivity contribution in [3.8, 4) is 0 Å². The molecule has 0 heterocycles. The van der Waals surface area contributed by atoms with Crippen LogP contribution in [-0.4, -0.2) is 15.8 Å². The Morgan fingerprint density at radius 1 is 1.14 bits per heavy atom. The van der Waals surface area contributed by atoms with Crippen LogP contribution >= 0.6 is 11.1 Å². The molecule has 7 heavy (non-hydrogen) atoms. The van der Waals surface area contributed by atoms with Gasteiger partial charge in [-0.15, -0.1) is 0 Å². The summed E-state index contributed by atoms with van der Waals surface area (Å²) in [5.41, 5.74) is 0. The second-order valence-corrected chi connectivity index (χ2v) is 9.60. The first-order chi connectivity index (χ1) is 2.00. The van der Waals surface area contributed by atoms with Gasteiger partial charge in [0.25, 0.3) is 0 Å². The van der Waals surface area contributed by atoms with Gasteiger partial charge in [0, 0.05) is 0 Å². The molecule has 0 aliphatic heterocycles. The van der Waals surface area contributed by atoms with Crippen molar-refractivity contribution in [2.45, 2.75) is 19.6 Å². The summed E-state index contributed by atoms with van der Waals surface area (Å²) < 4.78 is 0. The summed E-state index contributed by atoms with van der Waals surface area (Å²) in [6.45, 7) is 6.28. The third kappa shape index (κ3) is 95.1. The van der Waals surface area contributed by atoms with Gasteiger partial charge in [-0.3, -0.25) is 0 Å². The van der Waals surface area contributed by atoms with Crippen LogP contribution in [0.25, 0.3) is 0 Å². The van der Waals surface area contributed by atoms with E-state index in [0.717, 1.165) is 0 Å². The van der Waals surface area contributed by atoms with Crippen LogP contribution in [0.1, 0.15) is 0 Å². The van der Waals surface area contributed by atoms with E-state index in [-0.39, 0.29) is 38.0 Å². The van der Waals surface area contributed by atoms with Crippen molar-refractivity contribution in [2.75, 3.05) is 0 Å². The number of rotatable bonds is 0. The van der Waals surface area contributed by atoms with Crippen LogP contribution in [-0.2, 0) is 0 Å². The molecule has 0 aliphatic carbocycles. The van der Waals surface area contributed by atoms with E-state index in [0.29, 0.717) is 0 Å². The summed E-state index contributed by atoms with van der Waals surface area (Å²) in [6.07, 6.45) is 0. The third-order valence-corrected chi connectivity index (χ3v) is 0. The van der Waals surface area contributed by atoms with E-state index in [9.17, 15) is 0 Å². The molecule has 0 aromatic rings. The Kier molecular flexibility index (Phi) is 12.9. The standard InChI is InChI=1S/C3H9ClSi.BH4.Na/c1-5(2,3)4;;/h1-3H3;1H4;/q;-1;+1. The molecule has 0 saturated heterocycles. The van der Waals surface area contributed by atoms with E-state index >= 15 is 0 Å². The van der Waals surface area contributed by atoms with Crippen molar-refractivity contribution in [1.82, 2.24) is 0 Å². The van der Waals surface area contributed by atoms with E-state index in [1.165, 1.54) is 0 Å². The summed E-state index contributed by atoms with van der Waals surface area (Å²) >= 11 is 5.67. The van der Waals surface area contributed by atoms with Gasteiger partial charge in [-0.05, 0) is 0 Å². The summed E-state index contributed by atoms with van der Waals surface area (Å²) in [4.78, 5) is 0. The van der Waals surface area contributed by atoms with Crippen LogP contribution in [0.2, 0.25) is 19.6 Å². The van der Waals surface area contributed by atoms with Gasteiger partial charge in [-0.1, -0.05) is 28.1 Å². The Labute approximate surface area is 75.6 Å². The van der Waals surface area contributed by atoms with Gasteiger partial charge >= 0.3 is 29.6 Å². The van der Waals surface area contributed by atoms with Gasteiger partial charge in [0.1, 0.15) is 7.38 Å². The first-order valence-electron chi connectivity index (χ1n) is 1.69. The first-order valence-corrected chi connectivity index (χ1v) is 6.20. The van der Waals surface area contributed by atoms with Gasteiger partial charge in [0.2, 0.25) is 0 Å². The van der Waals surface area contributed by atoms with E-state index in [1.54, 1.807) is 0 Å². The first kappa shape index (κ1) is 15.8. The Bertz CT molecular complexity index is 30.4. The maximum atomic E-state index is 5.67. The fraction of sp³-hybridized carbons (Fsp3) is 1.00. The van der Waals surface area contributed by atoms with Crippen LogP contribution in [0.3, 0.4) is 0 Å². The van der Waals surface area contributed by atoms with Crippen LogP contribution in [0.5, 0.6) is 0 Å². The quantitative estimate of drug-likeness (QED) is 0.264. The van der Waals surface area contributed by atoms with Crippen molar-refractivity contribution in [3.05, 3.63) is 0 Å². The molecule has 0 fully saturated rings. The molecule has 0 radical (unpaired) electrons. The smallest absolute Gasteiger partial charge is 0.168 e. The molecule has 0 N–H and O–H groups in total. The van der Waals surface area contributed by atoms with E-state index in [1.807, 2.05) is 0 Å². The van der Waals surface area contributed by atoms with Gasteiger partial charge in [-0.2, -0.15) is 11.1 Å². The fourth-order valence-electron chi connectivity index (χ4n) is 0. The van der Waals surface area contributed by atoms with Crippen LogP contribution in [0.15, 0.2) is 0 Å². The largest absolute Gasteiger partial charge is 1.00 e. The minimum absolute atomic E-state index is 0. The summed E-state index contributed by atoms with van der Waals surface area (Å²) in [6, 6.07) is 0. The molecule has 0 spiro atoms. The Morgan fingerprint density at radius 3 is 1.14 bits per heavy atom. The second kappa shape index (κ2) is 5.70. The van der Waals surface area contributed by atoms with Crippen LogP contribution in [0.4, 0.5) is 0 Å². The topological polar surface area (TPSA) is 0 Å². The van der Waals surface area contributed by atoms with E-state index in [4.69, 9.17) is 11.1 Å². The number of halogens is 1. The second-order valence-electron chi connectivity index (χ2n) is 2.07. The minimum atomic E-state index is -1.14. The predicted octanol–water partition coefficient (Wildman–Crippen LogP) is -2.39. The van der Waals surface area contributed by atoms with Crippen molar-refractivity contribution in [1.29, 1.82) is 0 Å². The number of hydrogen-bond acceptors (Lipinski definition) is 0. The average molecular weight is 146 g/mol. The molecular formula is C3H13BClNaSi. The summed E-state index contributed by atoms with van der Waals surface area (Å²) in [5.74, 6) is 0. The molecule has 40 valence electrons. The zero-order chi connectivity index (χ0) is 4.50. The van der Waals surface area contributed by atoms with E-state index < -0.39 is 7.38 Å². The minimum Gasteiger partial charge on any atom is -0.168 e. The maximum absolute atomic E-state index is 5.67.